The number of aromatic nitrogens is 1. The molecule has 7 heteroatoms. The molecule has 5 nitrogen and oxygen atoms in total. The zero-order chi connectivity index (χ0) is 14.0. The van der Waals surface area contributed by atoms with Crippen LogP contribution in [0.3, 0.4) is 0 Å². The quantitative estimate of drug-likeness (QED) is 0.643. The summed E-state index contributed by atoms with van der Waals surface area (Å²) in [5.41, 5.74) is -0.697. The minimum absolute atomic E-state index is 0.0663. The Morgan fingerprint density at radius 1 is 1.37 bits per heavy atom. The van der Waals surface area contributed by atoms with Crippen LogP contribution in [0.25, 0.3) is 0 Å². The molecule has 0 aliphatic carbocycles. The average Bonchev–Trinajstić information content (AvgIpc) is 2.33. The molecule has 2 aromatic rings. The maximum atomic E-state index is 13.1. The van der Waals surface area contributed by atoms with Gasteiger partial charge in [0, 0.05) is 16.7 Å². The molecule has 1 aromatic carbocycles. The van der Waals surface area contributed by atoms with Gasteiger partial charge in [-0.3, -0.25) is 14.9 Å². The van der Waals surface area contributed by atoms with Gasteiger partial charge < -0.3 is 4.57 Å². The second-order valence-corrected chi connectivity index (χ2v) is 4.78. The van der Waals surface area contributed by atoms with E-state index in [4.69, 9.17) is 0 Å². The Bertz CT molecular complexity index is 700. The third kappa shape index (κ3) is 3.05. The molecule has 0 bridgehead atoms. The number of halogens is 2. The first kappa shape index (κ1) is 13.4. The zero-order valence-electron chi connectivity index (χ0n) is 9.55. The largest absolute Gasteiger partial charge is 0.335 e. The summed E-state index contributed by atoms with van der Waals surface area (Å²) < 4.78 is 14.6. The summed E-state index contributed by atoms with van der Waals surface area (Å²) in [4.78, 5) is 21.9. The molecular formula is C12H8BrFN2O3. The van der Waals surface area contributed by atoms with Crippen LogP contribution in [-0.2, 0) is 6.54 Å². The maximum Gasteiger partial charge on any atom is 0.335 e. The Morgan fingerprint density at radius 2 is 2.11 bits per heavy atom. The Morgan fingerprint density at radius 3 is 2.74 bits per heavy atom. The molecule has 0 atom stereocenters. The topological polar surface area (TPSA) is 65.1 Å². The fourth-order valence-corrected chi connectivity index (χ4v) is 2.13. The number of benzene rings is 1. The predicted molar refractivity (Wildman–Crippen MR) is 70.6 cm³/mol. The van der Waals surface area contributed by atoms with Gasteiger partial charge in [0.05, 0.1) is 11.5 Å². The molecule has 0 saturated carbocycles. The summed E-state index contributed by atoms with van der Waals surface area (Å²) in [6.45, 7) is 0.0663. The lowest BCUT2D eigenvalue weighted by molar-refractivity contribution is -0.386. The monoisotopic (exact) mass is 326 g/mol. The van der Waals surface area contributed by atoms with E-state index < -0.39 is 22.0 Å². The van der Waals surface area contributed by atoms with Crippen LogP contribution in [0, 0.1) is 15.9 Å². The van der Waals surface area contributed by atoms with Gasteiger partial charge in [-0.2, -0.15) is 0 Å². The molecule has 98 valence electrons. The first-order valence-electron chi connectivity index (χ1n) is 5.26. The summed E-state index contributed by atoms with van der Waals surface area (Å²) >= 11 is 3.11. The summed E-state index contributed by atoms with van der Waals surface area (Å²) in [5.74, 6) is -0.421. The third-order valence-electron chi connectivity index (χ3n) is 2.47. The van der Waals surface area contributed by atoms with Crippen molar-refractivity contribution >= 4 is 21.6 Å². The minimum Gasteiger partial charge on any atom is -0.304 e. The molecule has 0 unspecified atom stereocenters. The summed E-state index contributed by atoms with van der Waals surface area (Å²) in [6, 6.07) is 6.86. The molecule has 0 saturated heterocycles. The van der Waals surface area contributed by atoms with Crippen LogP contribution in [0.15, 0.2) is 45.8 Å². The van der Waals surface area contributed by atoms with Crippen LogP contribution in [0.5, 0.6) is 0 Å². The van der Waals surface area contributed by atoms with Gasteiger partial charge in [0.15, 0.2) is 0 Å². The van der Waals surface area contributed by atoms with Crippen LogP contribution in [0.1, 0.15) is 5.56 Å². The molecule has 0 aliphatic rings. The van der Waals surface area contributed by atoms with Gasteiger partial charge in [0.25, 0.3) is 0 Å². The Labute approximate surface area is 115 Å². The number of hydrogen-bond donors (Lipinski definition) is 0. The second kappa shape index (κ2) is 5.31. The molecule has 19 heavy (non-hydrogen) atoms. The highest BCUT2D eigenvalue weighted by Gasteiger charge is 2.16. The molecular weight excluding hydrogens is 319 g/mol. The van der Waals surface area contributed by atoms with E-state index in [0.717, 1.165) is 10.6 Å². The van der Waals surface area contributed by atoms with Crippen LogP contribution >= 0.6 is 15.9 Å². The summed E-state index contributed by atoms with van der Waals surface area (Å²) in [7, 11) is 0. The van der Waals surface area contributed by atoms with Gasteiger partial charge in [0.2, 0.25) is 0 Å². The van der Waals surface area contributed by atoms with Crippen molar-refractivity contribution in [3.05, 3.63) is 72.9 Å². The maximum absolute atomic E-state index is 13.1. The smallest absolute Gasteiger partial charge is 0.304 e. The van der Waals surface area contributed by atoms with Crippen molar-refractivity contribution < 1.29 is 9.31 Å². The summed E-state index contributed by atoms with van der Waals surface area (Å²) in [5, 5.41) is 10.7. The first-order valence-corrected chi connectivity index (χ1v) is 6.05. The van der Waals surface area contributed by atoms with Crippen molar-refractivity contribution in [1.29, 1.82) is 0 Å². The highest BCUT2D eigenvalue weighted by molar-refractivity contribution is 9.10. The molecule has 2 rings (SSSR count). The molecule has 1 heterocycles. The second-order valence-electron chi connectivity index (χ2n) is 3.86. The van der Waals surface area contributed by atoms with E-state index in [0.29, 0.717) is 10.0 Å². The number of nitro groups is 1. The van der Waals surface area contributed by atoms with Gasteiger partial charge in [-0.1, -0.05) is 12.1 Å². The van der Waals surface area contributed by atoms with Gasteiger partial charge >= 0.3 is 11.2 Å². The van der Waals surface area contributed by atoms with E-state index in [1.165, 1.54) is 24.4 Å². The highest BCUT2D eigenvalue weighted by Crippen LogP contribution is 2.15. The van der Waals surface area contributed by atoms with Crippen molar-refractivity contribution in [3.63, 3.8) is 0 Å². The van der Waals surface area contributed by atoms with Crippen LogP contribution in [0.4, 0.5) is 10.1 Å². The van der Waals surface area contributed by atoms with Gasteiger partial charge in [-0.25, -0.2) is 4.39 Å². The molecule has 1 aromatic heterocycles. The average molecular weight is 327 g/mol. The molecule has 0 aliphatic heterocycles. The normalized spacial score (nSPS) is 10.4. The third-order valence-corrected chi connectivity index (χ3v) is 2.91. The molecule has 0 fully saturated rings. The number of hydrogen-bond acceptors (Lipinski definition) is 3. The predicted octanol–water partition coefficient (Wildman–Crippen LogP) is 2.71. The van der Waals surface area contributed by atoms with E-state index in [9.17, 15) is 19.3 Å². The van der Waals surface area contributed by atoms with Crippen molar-refractivity contribution in [1.82, 2.24) is 4.57 Å². The standard InChI is InChI=1S/C12H8BrFN2O3/c13-9-5-11(16(18)19)12(17)15(7-9)6-8-2-1-3-10(14)4-8/h1-5,7H,6H2. The Balaban J connectivity index is 2.46. The lowest BCUT2D eigenvalue weighted by Crippen LogP contribution is -2.22. The van der Waals surface area contributed by atoms with Crippen molar-refractivity contribution in [2.45, 2.75) is 6.54 Å². The summed E-state index contributed by atoms with van der Waals surface area (Å²) in [6.07, 6.45) is 1.43. The first-order chi connectivity index (χ1) is 8.97. The zero-order valence-corrected chi connectivity index (χ0v) is 11.1. The van der Waals surface area contributed by atoms with Crippen LogP contribution < -0.4 is 5.56 Å². The Hall–Kier alpha value is -2.02. The lowest BCUT2D eigenvalue weighted by atomic mass is 10.2. The minimum atomic E-state index is -0.741. The van der Waals surface area contributed by atoms with E-state index in [1.807, 2.05) is 0 Å². The molecule has 0 amide bonds. The van der Waals surface area contributed by atoms with Crippen molar-refractivity contribution in [2.75, 3.05) is 0 Å². The van der Waals surface area contributed by atoms with E-state index in [2.05, 4.69) is 15.9 Å². The van der Waals surface area contributed by atoms with E-state index in [1.54, 1.807) is 6.07 Å². The highest BCUT2D eigenvalue weighted by atomic mass is 79.9. The van der Waals surface area contributed by atoms with Crippen LogP contribution in [0.2, 0.25) is 0 Å². The van der Waals surface area contributed by atoms with Gasteiger partial charge in [0.1, 0.15) is 5.82 Å². The van der Waals surface area contributed by atoms with Gasteiger partial charge in [-0.15, -0.1) is 0 Å². The number of rotatable bonds is 3. The van der Waals surface area contributed by atoms with Gasteiger partial charge in [-0.05, 0) is 33.6 Å². The Kier molecular flexibility index (Phi) is 3.75. The fraction of sp³-hybridized carbons (Fsp3) is 0.0833. The molecule has 0 N–H and O–H groups in total. The fourth-order valence-electron chi connectivity index (χ4n) is 1.66. The van der Waals surface area contributed by atoms with Crippen molar-refractivity contribution in [3.8, 4) is 0 Å². The lowest BCUT2D eigenvalue weighted by Gasteiger charge is -2.06. The number of nitrogens with zero attached hydrogens (tertiary/aromatic N) is 2. The number of pyridine rings is 1. The van der Waals surface area contributed by atoms with Crippen LogP contribution in [-0.4, -0.2) is 9.49 Å². The van der Waals surface area contributed by atoms with Crippen molar-refractivity contribution in [2.24, 2.45) is 0 Å². The SMILES string of the molecule is O=c1c([N+](=O)[O-])cc(Br)cn1Cc1cccc(F)c1. The molecule has 0 radical (unpaired) electrons. The van der Waals surface area contributed by atoms with E-state index in [-0.39, 0.29) is 6.54 Å². The molecule has 0 spiro atoms. The van der Waals surface area contributed by atoms with E-state index >= 15 is 0 Å².